The second-order valence-corrected chi connectivity index (χ2v) is 10.8. The summed E-state index contributed by atoms with van der Waals surface area (Å²) in [4.78, 5) is 27.7. The van der Waals surface area contributed by atoms with E-state index in [0.717, 1.165) is 11.1 Å². The number of benzene rings is 2. The first-order valence-corrected chi connectivity index (χ1v) is 13.3. The maximum absolute atomic E-state index is 13.0. The van der Waals surface area contributed by atoms with Gasteiger partial charge >= 0.3 is 0 Å². The Bertz CT molecular complexity index is 1140. The Hall–Kier alpha value is -2.75. The van der Waals surface area contributed by atoms with Crippen LogP contribution in [0.1, 0.15) is 34.3 Å². The smallest absolute Gasteiger partial charge is 0.256 e. The molecule has 0 spiro atoms. The minimum Gasteiger partial charge on any atom is -0.378 e. The van der Waals surface area contributed by atoms with Crippen molar-refractivity contribution in [2.24, 2.45) is 5.92 Å². The maximum atomic E-state index is 13.0. The first-order valence-electron chi connectivity index (χ1n) is 11.6. The molecule has 0 aromatic heterocycles. The number of aryl methyl sites for hydroxylation is 1. The van der Waals surface area contributed by atoms with Crippen molar-refractivity contribution in [1.29, 1.82) is 0 Å². The third-order valence-electron chi connectivity index (χ3n) is 6.53. The molecule has 0 aliphatic carbocycles. The fourth-order valence-corrected chi connectivity index (χ4v) is 6.07. The molecule has 8 nitrogen and oxygen atoms in total. The highest BCUT2D eigenvalue weighted by Crippen LogP contribution is 2.25. The lowest BCUT2D eigenvalue weighted by atomic mass is 9.97. The van der Waals surface area contributed by atoms with Gasteiger partial charge in [-0.3, -0.25) is 9.59 Å². The molecule has 1 N–H and O–H groups in total. The SMILES string of the molecule is Cc1ccccc1CS(=O)(=O)N1CCC(C(=O)Nc2ccccc2C(=O)N2CCOCC2)CC1. The molecule has 4 rings (SSSR count). The molecule has 2 fully saturated rings. The van der Waals surface area contributed by atoms with Crippen molar-refractivity contribution in [2.75, 3.05) is 44.7 Å². The summed E-state index contributed by atoms with van der Waals surface area (Å²) in [7, 11) is -3.46. The number of rotatable bonds is 6. The molecule has 0 saturated carbocycles. The van der Waals surface area contributed by atoms with E-state index in [1.807, 2.05) is 31.2 Å². The van der Waals surface area contributed by atoms with E-state index in [-0.39, 0.29) is 23.5 Å². The highest BCUT2D eigenvalue weighted by atomic mass is 32.2. The molecule has 34 heavy (non-hydrogen) atoms. The Kier molecular flexibility index (Phi) is 7.65. The van der Waals surface area contributed by atoms with Gasteiger partial charge in [-0.1, -0.05) is 36.4 Å². The number of morpholine rings is 1. The van der Waals surface area contributed by atoms with Crippen LogP contribution in [0.4, 0.5) is 5.69 Å². The normalized spacial score (nSPS) is 18.0. The fourth-order valence-electron chi connectivity index (χ4n) is 4.41. The highest BCUT2D eigenvalue weighted by Gasteiger charge is 2.32. The van der Waals surface area contributed by atoms with Crippen molar-refractivity contribution in [2.45, 2.75) is 25.5 Å². The number of amides is 2. The zero-order valence-electron chi connectivity index (χ0n) is 19.4. The van der Waals surface area contributed by atoms with Gasteiger partial charge in [0.25, 0.3) is 5.91 Å². The lowest BCUT2D eigenvalue weighted by molar-refractivity contribution is -0.120. The van der Waals surface area contributed by atoms with Gasteiger partial charge in [0.15, 0.2) is 0 Å². The van der Waals surface area contributed by atoms with Gasteiger partial charge in [-0.2, -0.15) is 0 Å². The number of nitrogens with one attached hydrogen (secondary N) is 1. The van der Waals surface area contributed by atoms with Crippen LogP contribution < -0.4 is 5.32 Å². The van der Waals surface area contributed by atoms with Gasteiger partial charge < -0.3 is 15.0 Å². The summed E-state index contributed by atoms with van der Waals surface area (Å²) in [6.45, 7) is 4.58. The van der Waals surface area contributed by atoms with Crippen molar-refractivity contribution in [3.63, 3.8) is 0 Å². The van der Waals surface area contributed by atoms with Gasteiger partial charge in [-0.15, -0.1) is 0 Å². The zero-order chi connectivity index (χ0) is 24.1. The number of hydrogen-bond donors (Lipinski definition) is 1. The van der Waals surface area contributed by atoms with Crippen molar-refractivity contribution in [1.82, 2.24) is 9.21 Å². The summed E-state index contributed by atoms with van der Waals surface area (Å²) < 4.78 is 32.6. The van der Waals surface area contributed by atoms with E-state index >= 15 is 0 Å². The summed E-state index contributed by atoms with van der Waals surface area (Å²) >= 11 is 0. The van der Waals surface area contributed by atoms with Gasteiger partial charge in [0.2, 0.25) is 15.9 Å². The van der Waals surface area contributed by atoms with Crippen LogP contribution in [0.3, 0.4) is 0 Å². The number of anilines is 1. The third-order valence-corrected chi connectivity index (χ3v) is 8.36. The second kappa shape index (κ2) is 10.7. The second-order valence-electron chi connectivity index (χ2n) is 8.80. The summed E-state index contributed by atoms with van der Waals surface area (Å²) in [5.74, 6) is -0.654. The molecule has 2 heterocycles. The van der Waals surface area contributed by atoms with Crippen molar-refractivity contribution in [3.05, 3.63) is 65.2 Å². The molecule has 2 aromatic rings. The van der Waals surface area contributed by atoms with Gasteiger partial charge in [-0.05, 0) is 43.0 Å². The number of piperidine rings is 1. The number of carbonyl (C=O) groups excluding carboxylic acids is 2. The molecule has 2 aliphatic heterocycles. The van der Waals surface area contributed by atoms with Crippen molar-refractivity contribution in [3.8, 4) is 0 Å². The predicted molar refractivity (Wildman–Crippen MR) is 130 cm³/mol. The van der Waals surface area contributed by atoms with E-state index in [0.29, 0.717) is 63.5 Å². The average molecular weight is 486 g/mol. The summed E-state index contributed by atoms with van der Waals surface area (Å²) in [6, 6.07) is 14.5. The van der Waals surface area contributed by atoms with Crippen LogP contribution >= 0.6 is 0 Å². The number of carbonyl (C=O) groups is 2. The standard InChI is InChI=1S/C25H31N3O5S/c1-19-6-2-3-7-21(19)18-34(31,32)28-12-10-20(11-13-28)24(29)26-23-9-5-4-8-22(23)25(30)27-14-16-33-17-15-27/h2-9,20H,10-18H2,1H3,(H,26,29). The van der Waals surface area contributed by atoms with Crippen LogP contribution in [0.15, 0.2) is 48.5 Å². The van der Waals surface area contributed by atoms with Gasteiger partial charge in [-0.25, -0.2) is 12.7 Å². The summed E-state index contributed by atoms with van der Waals surface area (Å²) in [6.07, 6.45) is 0.886. The Morgan fingerprint density at radius 3 is 2.32 bits per heavy atom. The minimum absolute atomic E-state index is 0.0342. The number of sulfonamides is 1. The molecule has 2 amide bonds. The Morgan fingerprint density at radius 2 is 1.62 bits per heavy atom. The number of hydrogen-bond acceptors (Lipinski definition) is 5. The van der Waals surface area contributed by atoms with Gasteiger partial charge in [0, 0.05) is 32.1 Å². The van der Waals surface area contributed by atoms with Crippen LogP contribution in [-0.2, 0) is 25.3 Å². The fraction of sp³-hybridized carbons (Fsp3) is 0.440. The van der Waals surface area contributed by atoms with Crippen LogP contribution in [0.2, 0.25) is 0 Å². The number of nitrogens with zero attached hydrogens (tertiary/aromatic N) is 2. The molecule has 2 aliphatic rings. The lowest BCUT2D eigenvalue weighted by Crippen LogP contribution is -2.42. The first-order chi connectivity index (χ1) is 16.3. The van der Waals surface area contributed by atoms with E-state index in [1.54, 1.807) is 29.2 Å². The molecule has 2 saturated heterocycles. The molecule has 0 unspecified atom stereocenters. The third kappa shape index (κ3) is 5.65. The molecule has 0 radical (unpaired) electrons. The van der Waals surface area contributed by atoms with E-state index in [2.05, 4.69) is 5.32 Å². The van der Waals surface area contributed by atoms with Crippen LogP contribution in [0, 0.1) is 12.8 Å². The summed E-state index contributed by atoms with van der Waals surface area (Å²) in [5, 5.41) is 2.92. The molecular formula is C25H31N3O5S. The number of ether oxygens (including phenoxy) is 1. The van der Waals surface area contributed by atoms with E-state index < -0.39 is 10.0 Å². The Morgan fingerprint density at radius 1 is 0.971 bits per heavy atom. The first kappa shape index (κ1) is 24.4. The zero-order valence-corrected chi connectivity index (χ0v) is 20.2. The quantitative estimate of drug-likeness (QED) is 0.679. The molecule has 0 atom stereocenters. The van der Waals surface area contributed by atoms with E-state index in [4.69, 9.17) is 4.74 Å². The van der Waals surface area contributed by atoms with Crippen LogP contribution in [0.25, 0.3) is 0 Å². The van der Waals surface area contributed by atoms with Crippen LogP contribution in [0.5, 0.6) is 0 Å². The topological polar surface area (TPSA) is 96.0 Å². The van der Waals surface area contributed by atoms with E-state index in [9.17, 15) is 18.0 Å². The molecule has 2 aromatic carbocycles. The highest BCUT2D eigenvalue weighted by molar-refractivity contribution is 7.88. The lowest BCUT2D eigenvalue weighted by Gasteiger charge is -2.31. The monoisotopic (exact) mass is 485 g/mol. The summed E-state index contributed by atoms with van der Waals surface area (Å²) in [5.41, 5.74) is 2.68. The average Bonchev–Trinajstić information content (AvgIpc) is 2.86. The minimum atomic E-state index is -3.46. The van der Waals surface area contributed by atoms with Crippen molar-refractivity contribution < 1.29 is 22.7 Å². The van der Waals surface area contributed by atoms with E-state index in [1.165, 1.54) is 4.31 Å². The van der Waals surface area contributed by atoms with Crippen molar-refractivity contribution >= 4 is 27.5 Å². The number of para-hydroxylation sites is 1. The molecular weight excluding hydrogens is 454 g/mol. The predicted octanol–water partition coefficient (Wildman–Crippen LogP) is 2.65. The maximum Gasteiger partial charge on any atom is 0.256 e. The molecule has 9 heteroatoms. The Balaban J connectivity index is 1.36. The largest absolute Gasteiger partial charge is 0.378 e. The molecule has 182 valence electrons. The van der Waals surface area contributed by atoms with Gasteiger partial charge in [0.1, 0.15) is 0 Å². The molecule has 0 bridgehead atoms. The van der Waals surface area contributed by atoms with Gasteiger partial charge in [0.05, 0.1) is 30.2 Å². The van der Waals surface area contributed by atoms with Crippen LogP contribution in [-0.4, -0.2) is 68.8 Å². The Labute approximate surface area is 200 Å².